The van der Waals surface area contributed by atoms with E-state index in [1.807, 2.05) is 13.0 Å². The van der Waals surface area contributed by atoms with E-state index in [4.69, 9.17) is 10.5 Å². The highest BCUT2D eigenvalue weighted by Crippen LogP contribution is 2.28. The third kappa shape index (κ3) is 6.32. The lowest BCUT2D eigenvalue weighted by atomic mass is 10.2. The molecule has 0 aliphatic heterocycles. The van der Waals surface area contributed by atoms with Crippen molar-refractivity contribution in [3.63, 3.8) is 0 Å². The standard InChI is InChI=1S/C22H22N4O4S2/c1-13-18(11-19(23)27)32-22(24-13)31-12-20(28)25-15-9-7-14(8-10-15)21(29)26-16-5-3-4-6-17(16)30-2/h3-10H,11-12H2,1-2H3,(H2,23,27)(H,25,28)(H,26,29). The van der Waals surface area contributed by atoms with Crippen molar-refractivity contribution in [1.82, 2.24) is 4.98 Å². The molecule has 0 aliphatic rings. The lowest BCUT2D eigenvalue weighted by molar-refractivity contribution is -0.117. The third-order valence-electron chi connectivity index (χ3n) is 4.32. The number of ether oxygens (including phenoxy) is 1. The largest absolute Gasteiger partial charge is 0.495 e. The number of thioether (sulfide) groups is 1. The number of para-hydroxylation sites is 2. The zero-order chi connectivity index (χ0) is 23.1. The summed E-state index contributed by atoms with van der Waals surface area (Å²) in [4.78, 5) is 41.0. The van der Waals surface area contributed by atoms with Crippen molar-refractivity contribution in [2.45, 2.75) is 17.7 Å². The highest BCUT2D eigenvalue weighted by Gasteiger charge is 2.13. The van der Waals surface area contributed by atoms with E-state index in [0.717, 1.165) is 10.6 Å². The highest BCUT2D eigenvalue weighted by atomic mass is 32.2. The molecule has 3 amide bonds. The molecule has 0 saturated heterocycles. The summed E-state index contributed by atoms with van der Waals surface area (Å²) >= 11 is 2.65. The number of nitrogens with one attached hydrogen (secondary N) is 2. The highest BCUT2D eigenvalue weighted by molar-refractivity contribution is 8.01. The van der Waals surface area contributed by atoms with Crippen molar-refractivity contribution in [2.24, 2.45) is 5.73 Å². The van der Waals surface area contributed by atoms with Crippen LogP contribution in [0.3, 0.4) is 0 Å². The number of carbonyl (C=O) groups is 3. The average molecular weight is 471 g/mol. The van der Waals surface area contributed by atoms with Gasteiger partial charge < -0.3 is 21.1 Å². The Morgan fingerprint density at radius 3 is 2.50 bits per heavy atom. The maximum Gasteiger partial charge on any atom is 0.255 e. The van der Waals surface area contributed by atoms with Gasteiger partial charge in [0, 0.05) is 16.1 Å². The Bertz CT molecular complexity index is 1130. The fraction of sp³-hybridized carbons (Fsp3) is 0.182. The van der Waals surface area contributed by atoms with E-state index in [-0.39, 0.29) is 24.0 Å². The number of aromatic nitrogens is 1. The predicted molar refractivity (Wildman–Crippen MR) is 126 cm³/mol. The van der Waals surface area contributed by atoms with E-state index in [1.54, 1.807) is 42.5 Å². The van der Waals surface area contributed by atoms with Gasteiger partial charge in [-0.2, -0.15) is 0 Å². The number of nitrogens with two attached hydrogens (primary N) is 1. The van der Waals surface area contributed by atoms with Gasteiger partial charge in [-0.15, -0.1) is 11.3 Å². The average Bonchev–Trinajstić information content (AvgIpc) is 3.11. The van der Waals surface area contributed by atoms with E-state index < -0.39 is 5.91 Å². The molecule has 0 unspecified atom stereocenters. The van der Waals surface area contributed by atoms with Gasteiger partial charge in [0.1, 0.15) is 5.75 Å². The van der Waals surface area contributed by atoms with Crippen molar-refractivity contribution in [2.75, 3.05) is 23.5 Å². The molecule has 0 fully saturated rings. The summed E-state index contributed by atoms with van der Waals surface area (Å²) in [5, 5.41) is 5.60. The number of rotatable bonds is 9. The minimum absolute atomic E-state index is 0.146. The van der Waals surface area contributed by atoms with Gasteiger partial charge in [0.25, 0.3) is 5.91 Å². The first-order valence-corrected chi connectivity index (χ1v) is 11.4. The zero-order valence-electron chi connectivity index (χ0n) is 17.5. The summed E-state index contributed by atoms with van der Waals surface area (Å²) in [6.07, 6.45) is 0.146. The first-order chi connectivity index (χ1) is 15.4. The van der Waals surface area contributed by atoms with Crippen LogP contribution in [0.25, 0.3) is 0 Å². The van der Waals surface area contributed by atoms with Gasteiger partial charge in [0.05, 0.1) is 30.7 Å². The van der Waals surface area contributed by atoms with Crippen LogP contribution < -0.4 is 21.1 Å². The number of nitrogens with zero attached hydrogens (tertiary/aromatic N) is 1. The van der Waals surface area contributed by atoms with Crippen molar-refractivity contribution >= 4 is 52.2 Å². The van der Waals surface area contributed by atoms with E-state index in [1.165, 1.54) is 30.2 Å². The SMILES string of the molecule is COc1ccccc1NC(=O)c1ccc(NC(=O)CSc2nc(C)c(CC(N)=O)s2)cc1. The van der Waals surface area contributed by atoms with Gasteiger partial charge in [-0.25, -0.2) is 4.98 Å². The number of carbonyl (C=O) groups excluding carboxylic acids is 3. The number of hydrogen-bond acceptors (Lipinski definition) is 7. The molecule has 32 heavy (non-hydrogen) atoms. The number of primary amides is 1. The Balaban J connectivity index is 1.53. The van der Waals surface area contributed by atoms with Crippen LogP contribution in [0.5, 0.6) is 5.75 Å². The molecule has 166 valence electrons. The summed E-state index contributed by atoms with van der Waals surface area (Å²) < 4.78 is 5.94. The first-order valence-electron chi connectivity index (χ1n) is 9.57. The molecule has 0 saturated carbocycles. The van der Waals surface area contributed by atoms with Crippen LogP contribution in [0.2, 0.25) is 0 Å². The Hall–Kier alpha value is -3.37. The van der Waals surface area contributed by atoms with Crippen molar-refractivity contribution < 1.29 is 19.1 Å². The molecular formula is C22H22N4O4S2. The van der Waals surface area contributed by atoms with Crippen LogP contribution in [0.15, 0.2) is 52.9 Å². The molecule has 8 nitrogen and oxygen atoms in total. The lowest BCUT2D eigenvalue weighted by Crippen LogP contribution is -2.15. The normalized spacial score (nSPS) is 10.4. The summed E-state index contributed by atoms with van der Waals surface area (Å²) in [6, 6.07) is 13.7. The molecule has 0 spiro atoms. The summed E-state index contributed by atoms with van der Waals surface area (Å²) in [6.45, 7) is 1.81. The Morgan fingerprint density at radius 1 is 1.09 bits per heavy atom. The molecule has 3 aromatic rings. The Labute approximate surface area is 193 Å². The molecule has 0 aliphatic carbocycles. The van der Waals surface area contributed by atoms with Crippen LogP contribution in [0.1, 0.15) is 20.9 Å². The van der Waals surface area contributed by atoms with Gasteiger partial charge in [0.15, 0.2) is 4.34 Å². The van der Waals surface area contributed by atoms with Crippen molar-refractivity contribution in [3.8, 4) is 5.75 Å². The first kappa shape index (κ1) is 23.3. The van der Waals surface area contributed by atoms with E-state index >= 15 is 0 Å². The molecule has 1 heterocycles. The number of amides is 3. The monoisotopic (exact) mass is 470 g/mol. The maximum absolute atomic E-state index is 12.5. The van der Waals surface area contributed by atoms with Crippen molar-refractivity contribution in [1.29, 1.82) is 0 Å². The van der Waals surface area contributed by atoms with Gasteiger partial charge in [-0.05, 0) is 43.3 Å². The quantitative estimate of drug-likeness (QED) is 0.412. The molecule has 10 heteroatoms. The summed E-state index contributed by atoms with van der Waals surface area (Å²) in [7, 11) is 1.54. The van der Waals surface area contributed by atoms with Crippen LogP contribution >= 0.6 is 23.1 Å². The molecule has 3 rings (SSSR count). The van der Waals surface area contributed by atoms with Crippen LogP contribution in [-0.2, 0) is 16.0 Å². The topological polar surface area (TPSA) is 123 Å². The Morgan fingerprint density at radius 2 is 1.81 bits per heavy atom. The maximum atomic E-state index is 12.5. The second-order valence-electron chi connectivity index (χ2n) is 6.70. The fourth-order valence-corrected chi connectivity index (χ4v) is 4.80. The van der Waals surface area contributed by atoms with Crippen molar-refractivity contribution in [3.05, 3.63) is 64.7 Å². The smallest absolute Gasteiger partial charge is 0.255 e. The van der Waals surface area contributed by atoms with Gasteiger partial charge in [-0.1, -0.05) is 23.9 Å². The molecule has 0 atom stereocenters. The molecule has 4 N–H and O–H groups in total. The third-order valence-corrected chi connectivity index (χ3v) is 6.62. The number of benzene rings is 2. The number of anilines is 2. The van der Waals surface area contributed by atoms with Crippen LogP contribution in [0.4, 0.5) is 11.4 Å². The summed E-state index contributed by atoms with van der Waals surface area (Å²) in [5.41, 5.74) is 7.58. The van der Waals surface area contributed by atoms with Gasteiger partial charge in [-0.3, -0.25) is 14.4 Å². The number of methoxy groups -OCH3 is 1. The van der Waals surface area contributed by atoms with Gasteiger partial charge in [0.2, 0.25) is 11.8 Å². The molecular weight excluding hydrogens is 448 g/mol. The lowest BCUT2D eigenvalue weighted by Gasteiger charge is -2.10. The molecule has 0 radical (unpaired) electrons. The minimum atomic E-state index is -0.411. The molecule has 2 aromatic carbocycles. The predicted octanol–water partition coefficient (Wildman–Crippen LogP) is 3.47. The fourth-order valence-electron chi connectivity index (χ4n) is 2.76. The number of aryl methyl sites for hydroxylation is 1. The Kier molecular flexibility index (Phi) is 7.85. The van der Waals surface area contributed by atoms with E-state index in [2.05, 4.69) is 15.6 Å². The minimum Gasteiger partial charge on any atom is -0.495 e. The number of thiazole rings is 1. The van der Waals surface area contributed by atoms with Crippen LogP contribution in [0, 0.1) is 6.92 Å². The number of hydrogen-bond donors (Lipinski definition) is 3. The van der Waals surface area contributed by atoms with Gasteiger partial charge >= 0.3 is 0 Å². The second-order valence-corrected chi connectivity index (χ2v) is 9.01. The second kappa shape index (κ2) is 10.8. The summed E-state index contributed by atoms with van der Waals surface area (Å²) in [5.74, 6) is -0.163. The van der Waals surface area contributed by atoms with Crippen LogP contribution in [-0.4, -0.2) is 35.6 Å². The zero-order valence-corrected chi connectivity index (χ0v) is 19.1. The van der Waals surface area contributed by atoms with E-state index in [0.29, 0.717) is 27.0 Å². The van der Waals surface area contributed by atoms with E-state index in [9.17, 15) is 14.4 Å². The molecule has 0 bridgehead atoms. The molecule has 1 aromatic heterocycles.